The summed E-state index contributed by atoms with van der Waals surface area (Å²) in [6.07, 6.45) is 0.742. The monoisotopic (exact) mass is 521 g/mol. The number of aromatic nitrogens is 6. The fourth-order valence-corrected chi connectivity index (χ4v) is 6.01. The van der Waals surface area contributed by atoms with Crippen molar-refractivity contribution < 1.29 is 27.0 Å². The molecule has 1 atom stereocenters. The SMILES string of the molecule is COc1cc2nc(F)n3nc([C@H]4CN(c5cn(CC(C)(C)O)nc5C)CCS4(=O)=O)nc3c2cc1F. The standard InChI is InChI=1S/C22H25F2N7O4S/c1-12-16(9-30(27-12)11-22(2,3)32)29-5-6-36(33,34)18(10-29)19-26-20-13-7-14(23)17(35-4)8-15(13)25-21(24)31(20)28-19/h7-9,18,32H,5-6,10-11H2,1-4H3/t18-/m1/s1. The first-order valence-corrected chi connectivity index (χ1v) is 12.9. The maximum Gasteiger partial charge on any atom is 0.312 e. The van der Waals surface area contributed by atoms with Crippen molar-refractivity contribution in [3.8, 4) is 5.75 Å². The minimum Gasteiger partial charge on any atom is -0.494 e. The minimum atomic E-state index is -3.67. The zero-order chi connectivity index (χ0) is 26.0. The van der Waals surface area contributed by atoms with Gasteiger partial charge in [-0.1, -0.05) is 0 Å². The highest BCUT2D eigenvalue weighted by molar-refractivity contribution is 7.91. The van der Waals surface area contributed by atoms with Gasteiger partial charge in [-0.2, -0.15) is 14.0 Å². The molecule has 0 unspecified atom stereocenters. The first kappa shape index (κ1) is 24.3. The molecule has 3 aromatic heterocycles. The van der Waals surface area contributed by atoms with Crippen molar-refractivity contribution in [1.29, 1.82) is 0 Å². The van der Waals surface area contributed by atoms with Crippen LogP contribution in [-0.4, -0.2) is 74.4 Å². The number of nitrogens with zero attached hydrogens (tertiary/aromatic N) is 7. The smallest absolute Gasteiger partial charge is 0.312 e. The summed E-state index contributed by atoms with van der Waals surface area (Å²) in [5, 5.41) is 17.7. The Morgan fingerprint density at radius 2 is 1.97 bits per heavy atom. The van der Waals surface area contributed by atoms with Gasteiger partial charge in [0, 0.05) is 30.7 Å². The zero-order valence-corrected chi connectivity index (χ0v) is 20.9. The summed E-state index contributed by atoms with van der Waals surface area (Å²) < 4.78 is 62.6. The average Bonchev–Trinajstić information content (AvgIpc) is 3.37. The van der Waals surface area contributed by atoms with Crippen molar-refractivity contribution in [3.63, 3.8) is 0 Å². The van der Waals surface area contributed by atoms with E-state index in [1.165, 1.54) is 13.2 Å². The van der Waals surface area contributed by atoms with Crippen LogP contribution in [0.1, 0.15) is 30.6 Å². The molecule has 1 aliphatic rings. The lowest BCUT2D eigenvalue weighted by molar-refractivity contribution is 0.0577. The molecule has 1 fully saturated rings. The normalized spacial score (nSPS) is 18.3. The lowest BCUT2D eigenvalue weighted by Gasteiger charge is -2.32. The highest BCUT2D eigenvalue weighted by Crippen LogP contribution is 2.32. The van der Waals surface area contributed by atoms with E-state index in [-0.39, 0.29) is 53.5 Å². The van der Waals surface area contributed by atoms with Gasteiger partial charge in [-0.15, -0.1) is 5.10 Å². The number of anilines is 1. The van der Waals surface area contributed by atoms with Crippen LogP contribution in [0, 0.1) is 18.8 Å². The van der Waals surface area contributed by atoms with Crippen molar-refractivity contribution in [2.45, 2.75) is 38.2 Å². The molecule has 0 amide bonds. The third-order valence-electron chi connectivity index (χ3n) is 6.09. The van der Waals surface area contributed by atoms with Gasteiger partial charge in [0.25, 0.3) is 0 Å². The van der Waals surface area contributed by atoms with E-state index < -0.39 is 32.6 Å². The van der Waals surface area contributed by atoms with Gasteiger partial charge in [-0.3, -0.25) is 4.68 Å². The number of hydrogen-bond donors (Lipinski definition) is 1. The van der Waals surface area contributed by atoms with Crippen LogP contribution in [-0.2, 0) is 16.4 Å². The topological polar surface area (TPSA) is 128 Å². The summed E-state index contributed by atoms with van der Waals surface area (Å²) in [6.45, 7) is 5.64. The van der Waals surface area contributed by atoms with Crippen LogP contribution in [0.15, 0.2) is 18.3 Å². The van der Waals surface area contributed by atoms with E-state index in [1.807, 2.05) is 4.90 Å². The summed E-state index contributed by atoms with van der Waals surface area (Å²) in [5.41, 5.74) is 0.464. The van der Waals surface area contributed by atoms with E-state index in [9.17, 15) is 22.3 Å². The van der Waals surface area contributed by atoms with Gasteiger partial charge in [0.05, 0.1) is 41.9 Å². The molecule has 1 saturated heterocycles. The fraction of sp³-hybridized carbons (Fsp3) is 0.455. The number of sulfone groups is 1. The van der Waals surface area contributed by atoms with Gasteiger partial charge in [0.15, 0.2) is 32.9 Å². The molecular weight excluding hydrogens is 496 g/mol. The van der Waals surface area contributed by atoms with Crippen LogP contribution < -0.4 is 9.64 Å². The van der Waals surface area contributed by atoms with Gasteiger partial charge >= 0.3 is 6.08 Å². The van der Waals surface area contributed by atoms with Crippen LogP contribution >= 0.6 is 0 Å². The second-order valence-corrected chi connectivity index (χ2v) is 11.8. The number of hydrogen-bond acceptors (Lipinski definition) is 9. The molecule has 192 valence electrons. The van der Waals surface area contributed by atoms with E-state index in [0.717, 1.165) is 16.3 Å². The number of methoxy groups -OCH3 is 1. The molecule has 5 rings (SSSR count). The van der Waals surface area contributed by atoms with Crippen molar-refractivity contribution in [2.24, 2.45) is 0 Å². The molecule has 0 bridgehead atoms. The third kappa shape index (κ3) is 4.23. The Morgan fingerprint density at radius 1 is 1.22 bits per heavy atom. The van der Waals surface area contributed by atoms with Gasteiger partial charge in [-0.25, -0.2) is 22.8 Å². The molecule has 0 aliphatic carbocycles. The highest BCUT2D eigenvalue weighted by Gasteiger charge is 2.38. The van der Waals surface area contributed by atoms with E-state index >= 15 is 0 Å². The molecule has 11 nitrogen and oxygen atoms in total. The first-order chi connectivity index (χ1) is 16.9. The van der Waals surface area contributed by atoms with E-state index in [1.54, 1.807) is 31.6 Å². The summed E-state index contributed by atoms with van der Waals surface area (Å²) in [7, 11) is -2.39. The Morgan fingerprint density at radius 3 is 2.67 bits per heavy atom. The number of fused-ring (bicyclic) bond motifs is 3. The predicted molar refractivity (Wildman–Crippen MR) is 127 cm³/mol. The summed E-state index contributed by atoms with van der Waals surface area (Å²) in [6, 6.07) is 2.35. The number of aliphatic hydroxyl groups is 1. The molecule has 36 heavy (non-hydrogen) atoms. The van der Waals surface area contributed by atoms with E-state index in [4.69, 9.17) is 4.74 Å². The molecule has 1 aliphatic heterocycles. The van der Waals surface area contributed by atoms with Crippen molar-refractivity contribution in [3.05, 3.63) is 41.7 Å². The molecule has 14 heteroatoms. The minimum absolute atomic E-state index is 0.0173. The highest BCUT2D eigenvalue weighted by atomic mass is 32.2. The first-order valence-electron chi connectivity index (χ1n) is 11.2. The number of aryl methyl sites for hydroxylation is 1. The quantitative estimate of drug-likeness (QED) is 0.391. The fourth-order valence-electron chi connectivity index (χ4n) is 4.43. The van der Waals surface area contributed by atoms with Gasteiger partial charge in [0.1, 0.15) is 5.25 Å². The predicted octanol–water partition coefficient (Wildman–Crippen LogP) is 1.82. The Hall–Kier alpha value is -3.39. The summed E-state index contributed by atoms with van der Waals surface area (Å²) in [5.74, 6) is -1.08. The van der Waals surface area contributed by atoms with Crippen molar-refractivity contribution >= 4 is 32.1 Å². The molecule has 1 aromatic carbocycles. The number of ether oxygens (including phenoxy) is 1. The number of halogens is 2. The average molecular weight is 522 g/mol. The maximum atomic E-state index is 14.8. The number of benzene rings is 1. The van der Waals surface area contributed by atoms with Crippen molar-refractivity contribution in [1.82, 2.24) is 29.4 Å². The molecule has 0 radical (unpaired) electrons. The van der Waals surface area contributed by atoms with Gasteiger partial charge < -0.3 is 14.7 Å². The second kappa shape index (κ2) is 8.34. The van der Waals surface area contributed by atoms with Gasteiger partial charge in [-0.05, 0) is 26.8 Å². The molecule has 0 saturated carbocycles. The largest absolute Gasteiger partial charge is 0.494 e. The molecule has 4 heterocycles. The summed E-state index contributed by atoms with van der Waals surface area (Å²) in [4.78, 5) is 10.00. The lowest BCUT2D eigenvalue weighted by atomic mass is 10.1. The van der Waals surface area contributed by atoms with Crippen LogP contribution in [0.3, 0.4) is 0 Å². The Labute approximate surface area is 205 Å². The third-order valence-corrected chi connectivity index (χ3v) is 8.06. The van der Waals surface area contributed by atoms with Crippen molar-refractivity contribution in [2.75, 3.05) is 30.9 Å². The Bertz CT molecular complexity index is 1590. The Kier molecular flexibility index (Phi) is 5.63. The van der Waals surface area contributed by atoms with Gasteiger partial charge in [0.2, 0.25) is 0 Å². The van der Waals surface area contributed by atoms with Crippen LogP contribution in [0.5, 0.6) is 5.75 Å². The van der Waals surface area contributed by atoms with E-state index in [2.05, 4.69) is 20.2 Å². The van der Waals surface area contributed by atoms with Crippen LogP contribution in [0.2, 0.25) is 0 Å². The van der Waals surface area contributed by atoms with Crippen LogP contribution in [0.4, 0.5) is 14.5 Å². The number of rotatable bonds is 5. The summed E-state index contributed by atoms with van der Waals surface area (Å²) >= 11 is 0. The molecular formula is C22H25F2N7O4S. The molecule has 1 N–H and O–H groups in total. The lowest BCUT2D eigenvalue weighted by Crippen LogP contribution is -2.43. The Balaban J connectivity index is 1.55. The zero-order valence-electron chi connectivity index (χ0n) is 20.1. The van der Waals surface area contributed by atoms with E-state index in [0.29, 0.717) is 5.69 Å². The second-order valence-electron chi connectivity index (χ2n) is 9.50. The van der Waals surface area contributed by atoms with Crippen LogP contribution in [0.25, 0.3) is 16.6 Å². The molecule has 0 spiro atoms. The maximum absolute atomic E-state index is 14.8. The molecule has 4 aromatic rings.